The number of benzene rings is 1. The van der Waals surface area contributed by atoms with E-state index in [-0.39, 0.29) is 11.7 Å². The molecule has 5 nitrogen and oxygen atoms in total. The fourth-order valence-corrected chi connectivity index (χ4v) is 3.50. The standard InChI is InChI=1S/C13H11Br2N3O2S/c1-6-4-10(21-11(6)15)13(19)17-9-3-2-7(5-8(9)14)12(16)18-20/h2-5,20H,1H3,(H2,16,18)(H,17,19). The SMILES string of the molecule is Cc1cc(C(=O)Nc2ccc(/C(N)=N/O)cc2Br)sc1Br. The number of halogens is 2. The number of hydrogen-bond donors (Lipinski definition) is 3. The van der Waals surface area contributed by atoms with E-state index in [0.29, 0.717) is 20.6 Å². The summed E-state index contributed by atoms with van der Waals surface area (Å²) >= 11 is 8.13. The molecule has 2 rings (SSSR count). The van der Waals surface area contributed by atoms with E-state index >= 15 is 0 Å². The molecule has 0 bridgehead atoms. The number of nitrogens with one attached hydrogen (secondary N) is 1. The zero-order chi connectivity index (χ0) is 15.6. The minimum Gasteiger partial charge on any atom is -0.409 e. The lowest BCUT2D eigenvalue weighted by Crippen LogP contribution is -2.14. The van der Waals surface area contributed by atoms with Crippen molar-refractivity contribution in [2.75, 3.05) is 5.32 Å². The number of rotatable bonds is 3. The zero-order valence-electron chi connectivity index (χ0n) is 10.9. The Morgan fingerprint density at radius 1 is 1.38 bits per heavy atom. The number of oxime groups is 1. The molecule has 0 aliphatic rings. The average Bonchev–Trinajstić information content (AvgIpc) is 2.80. The summed E-state index contributed by atoms with van der Waals surface area (Å²) in [6, 6.07) is 6.83. The number of nitrogens with zero attached hydrogens (tertiary/aromatic N) is 1. The van der Waals surface area contributed by atoms with Crippen LogP contribution in [-0.4, -0.2) is 17.0 Å². The van der Waals surface area contributed by atoms with E-state index in [1.165, 1.54) is 11.3 Å². The molecule has 1 aromatic carbocycles. The molecule has 0 atom stereocenters. The number of amides is 1. The van der Waals surface area contributed by atoms with E-state index in [9.17, 15) is 4.79 Å². The van der Waals surface area contributed by atoms with Crippen molar-refractivity contribution in [3.8, 4) is 0 Å². The Hall–Kier alpha value is -1.38. The molecule has 1 heterocycles. The summed E-state index contributed by atoms with van der Waals surface area (Å²) in [5, 5.41) is 14.4. The Morgan fingerprint density at radius 2 is 2.10 bits per heavy atom. The maximum Gasteiger partial charge on any atom is 0.265 e. The van der Waals surface area contributed by atoms with Gasteiger partial charge in [0.25, 0.3) is 5.91 Å². The summed E-state index contributed by atoms with van der Waals surface area (Å²) in [5.74, 6) is -0.183. The van der Waals surface area contributed by atoms with Crippen LogP contribution in [-0.2, 0) is 0 Å². The number of aryl methyl sites for hydroxylation is 1. The topological polar surface area (TPSA) is 87.7 Å². The van der Waals surface area contributed by atoms with E-state index in [2.05, 4.69) is 42.3 Å². The Bertz CT molecular complexity index is 709. The average molecular weight is 433 g/mol. The first-order chi connectivity index (χ1) is 9.92. The van der Waals surface area contributed by atoms with Crippen molar-refractivity contribution in [1.82, 2.24) is 0 Å². The van der Waals surface area contributed by atoms with E-state index in [0.717, 1.165) is 9.35 Å². The van der Waals surface area contributed by atoms with Crippen LogP contribution in [0.25, 0.3) is 0 Å². The minimum absolute atomic E-state index is 0.00592. The van der Waals surface area contributed by atoms with Crippen molar-refractivity contribution in [2.45, 2.75) is 6.92 Å². The van der Waals surface area contributed by atoms with Gasteiger partial charge in [0.05, 0.1) is 14.4 Å². The fraction of sp³-hybridized carbons (Fsp3) is 0.0769. The smallest absolute Gasteiger partial charge is 0.265 e. The monoisotopic (exact) mass is 431 g/mol. The molecule has 1 amide bonds. The van der Waals surface area contributed by atoms with Crippen molar-refractivity contribution in [3.63, 3.8) is 0 Å². The molecule has 2 aromatic rings. The highest BCUT2D eigenvalue weighted by atomic mass is 79.9. The molecule has 21 heavy (non-hydrogen) atoms. The first-order valence-electron chi connectivity index (χ1n) is 5.77. The van der Waals surface area contributed by atoms with E-state index < -0.39 is 0 Å². The molecule has 0 saturated heterocycles. The predicted molar refractivity (Wildman–Crippen MR) is 91.4 cm³/mol. The predicted octanol–water partition coefficient (Wildman–Crippen LogP) is 3.93. The molecule has 0 spiro atoms. The number of carbonyl (C=O) groups excluding carboxylic acids is 1. The molecule has 110 valence electrons. The summed E-state index contributed by atoms with van der Waals surface area (Å²) in [6.45, 7) is 1.93. The van der Waals surface area contributed by atoms with Crippen LogP contribution in [0.15, 0.2) is 37.7 Å². The van der Waals surface area contributed by atoms with Crippen molar-refractivity contribution < 1.29 is 10.0 Å². The van der Waals surface area contributed by atoms with Gasteiger partial charge in [0.2, 0.25) is 0 Å². The summed E-state index contributed by atoms with van der Waals surface area (Å²) in [6.07, 6.45) is 0. The van der Waals surface area contributed by atoms with Gasteiger partial charge in [0.1, 0.15) is 0 Å². The zero-order valence-corrected chi connectivity index (χ0v) is 14.8. The number of anilines is 1. The number of nitrogens with two attached hydrogens (primary N) is 1. The highest BCUT2D eigenvalue weighted by Gasteiger charge is 2.13. The second-order valence-corrected chi connectivity index (χ2v) is 7.43. The van der Waals surface area contributed by atoms with Crippen molar-refractivity contribution in [1.29, 1.82) is 0 Å². The molecular weight excluding hydrogens is 422 g/mol. The van der Waals surface area contributed by atoms with Gasteiger partial charge < -0.3 is 16.3 Å². The third kappa shape index (κ3) is 3.63. The van der Waals surface area contributed by atoms with Gasteiger partial charge in [-0.1, -0.05) is 5.16 Å². The van der Waals surface area contributed by atoms with Crippen LogP contribution in [0.4, 0.5) is 5.69 Å². The molecule has 0 unspecified atom stereocenters. The normalized spacial score (nSPS) is 11.5. The molecule has 8 heteroatoms. The van der Waals surface area contributed by atoms with Crippen LogP contribution >= 0.6 is 43.2 Å². The fourth-order valence-electron chi connectivity index (χ4n) is 1.59. The largest absolute Gasteiger partial charge is 0.409 e. The van der Waals surface area contributed by atoms with Gasteiger partial charge in [-0.15, -0.1) is 11.3 Å². The van der Waals surface area contributed by atoms with Gasteiger partial charge >= 0.3 is 0 Å². The second-order valence-electron chi connectivity index (χ2n) is 4.20. The van der Waals surface area contributed by atoms with Crippen LogP contribution in [0, 0.1) is 6.92 Å². The van der Waals surface area contributed by atoms with Crippen LogP contribution in [0.1, 0.15) is 20.8 Å². The molecule has 0 aliphatic heterocycles. The molecule has 0 fully saturated rings. The van der Waals surface area contributed by atoms with Crippen LogP contribution in [0.3, 0.4) is 0 Å². The van der Waals surface area contributed by atoms with Gasteiger partial charge in [-0.2, -0.15) is 0 Å². The van der Waals surface area contributed by atoms with Gasteiger partial charge in [0, 0.05) is 10.0 Å². The molecule has 4 N–H and O–H groups in total. The van der Waals surface area contributed by atoms with Crippen molar-refractivity contribution in [3.05, 3.63) is 48.5 Å². The molecule has 0 aliphatic carbocycles. The summed E-state index contributed by atoms with van der Waals surface area (Å²) < 4.78 is 1.58. The lowest BCUT2D eigenvalue weighted by Gasteiger charge is -2.08. The first-order valence-corrected chi connectivity index (χ1v) is 8.17. The van der Waals surface area contributed by atoms with Gasteiger partial charge in [-0.3, -0.25) is 4.79 Å². The van der Waals surface area contributed by atoms with E-state index in [1.54, 1.807) is 18.2 Å². The highest BCUT2D eigenvalue weighted by molar-refractivity contribution is 9.11. The Balaban J connectivity index is 2.22. The number of amidine groups is 1. The van der Waals surface area contributed by atoms with Crippen LogP contribution in [0.5, 0.6) is 0 Å². The number of carbonyl (C=O) groups is 1. The molecule has 1 aromatic heterocycles. The Labute approximate surface area is 142 Å². The highest BCUT2D eigenvalue weighted by Crippen LogP contribution is 2.29. The lowest BCUT2D eigenvalue weighted by molar-refractivity contribution is 0.103. The van der Waals surface area contributed by atoms with Gasteiger partial charge in [-0.05, 0) is 68.6 Å². The molecule has 0 saturated carbocycles. The van der Waals surface area contributed by atoms with E-state index in [1.807, 2.05) is 13.0 Å². The number of hydrogen-bond acceptors (Lipinski definition) is 4. The number of thiophene rings is 1. The second kappa shape index (κ2) is 6.59. The summed E-state index contributed by atoms with van der Waals surface area (Å²) in [4.78, 5) is 12.8. The van der Waals surface area contributed by atoms with Crippen molar-refractivity contribution in [2.24, 2.45) is 10.9 Å². The Kier molecular flexibility index (Phi) is 5.02. The third-order valence-electron chi connectivity index (χ3n) is 2.70. The lowest BCUT2D eigenvalue weighted by atomic mass is 10.2. The third-order valence-corrected chi connectivity index (χ3v) is 5.49. The molecule has 0 radical (unpaired) electrons. The van der Waals surface area contributed by atoms with Crippen molar-refractivity contribution >= 4 is 60.6 Å². The Morgan fingerprint density at radius 3 is 2.62 bits per heavy atom. The van der Waals surface area contributed by atoms with Crippen LogP contribution in [0.2, 0.25) is 0 Å². The maximum absolute atomic E-state index is 12.2. The van der Waals surface area contributed by atoms with E-state index in [4.69, 9.17) is 10.9 Å². The minimum atomic E-state index is -0.189. The summed E-state index contributed by atoms with van der Waals surface area (Å²) in [7, 11) is 0. The quantitative estimate of drug-likeness (QED) is 0.297. The summed E-state index contributed by atoms with van der Waals surface area (Å²) in [5.41, 5.74) is 7.69. The van der Waals surface area contributed by atoms with Gasteiger partial charge in [0.15, 0.2) is 5.84 Å². The molecular formula is C13H11Br2N3O2S. The van der Waals surface area contributed by atoms with Gasteiger partial charge in [-0.25, -0.2) is 0 Å². The van der Waals surface area contributed by atoms with Crippen LogP contribution < -0.4 is 11.1 Å². The first kappa shape index (κ1) is 16.0. The maximum atomic E-state index is 12.2.